The van der Waals surface area contributed by atoms with Crippen molar-refractivity contribution in [2.75, 3.05) is 13.2 Å². The number of carbonyl (C=O) groups is 3. The van der Waals surface area contributed by atoms with Gasteiger partial charge in [-0.05, 0) is 109 Å². The Morgan fingerprint density at radius 2 is 0.606 bits per heavy atom. The Morgan fingerprint density at radius 3 is 0.985 bits per heavy atom. The molecule has 0 heterocycles. The molecule has 0 aliphatic heterocycles. The second kappa shape index (κ2) is 54.2. The van der Waals surface area contributed by atoms with E-state index >= 15 is 0 Å². The maximum atomic E-state index is 12.8. The lowest BCUT2D eigenvalue weighted by molar-refractivity contribution is -0.167. The molecular weight excluding hydrogens is 817 g/mol. The first-order chi connectivity index (χ1) is 32.5. The number of rotatable bonds is 49. The van der Waals surface area contributed by atoms with E-state index in [2.05, 4.69) is 106 Å². The molecule has 0 aromatic heterocycles. The molecule has 0 aliphatic carbocycles. The molecule has 1 unspecified atom stereocenters. The molecule has 1 atom stereocenters. The first kappa shape index (κ1) is 62.6. The van der Waals surface area contributed by atoms with Crippen molar-refractivity contribution >= 4 is 17.9 Å². The lowest BCUT2D eigenvalue weighted by Gasteiger charge is -2.18. The average molecular weight is 919 g/mol. The molecule has 0 spiro atoms. The number of carbonyl (C=O) groups excluding carboxylic acids is 3. The molecule has 6 nitrogen and oxygen atoms in total. The summed E-state index contributed by atoms with van der Waals surface area (Å²) < 4.78 is 16.8. The van der Waals surface area contributed by atoms with Gasteiger partial charge in [-0.1, -0.05) is 215 Å². The third kappa shape index (κ3) is 51.6. The summed E-state index contributed by atoms with van der Waals surface area (Å²) in [5.74, 6) is -0.925. The highest BCUT2D eigenvalue weighted by Gasteiger charge is 2.19. The molecule has 378 valence electrons. The fourth-order valence-electron chi connectivity index (χ4n) is 7.44. The number of unbranched alkanes of at least 4 members (excludes halogenated alkanes) is 24. The summed E-state index contributed by atoms with van der Waals surface area (Å²) in [4.78, 5) is 38.0. The predicted octanol–water partition coefficient (Wildman–Crippen LogP) is 18.4. The smallest absolute Gasteiger partial charge is 0.306 e. The number of allylic oxidation sites excluding steroid dienone is 14. The van der Waals surface area contributed by atoms with Gasteiger partial charge in [-0.25, -0.2) is 0 Å². The third-order valence-corrected chi connectivity index (χ3v) is 11.6. The van der Waals surface area contributed by atoms with Crippen LogP contribution in [0.25, 0.3) is 0 Å². The summed E-state index contributed by atoms with van der Waals surface area (Å²) in [5.41, 5.74) is 0. The molecule has 0 fully saturated rings. The van der Waals surface area contributed by atoms with Crippen LogP contribution in [0.2, 0.25) is 0 Å². The van der Waals surface area contributed by atoms with Gasteiger partial charge in [-0.3, -0.25) is 14.4 Å². The summed E-state index contributed by atoms with van der Waals surface area (Å²) in [6.07, 6.45) is 70.0. The van der Waals surface area contributed by atoms with E-state index in [0.717, 1.165) is 128 Å². The van der Waals surface area contributed by atoms with E-state index in [4.69, 9.17) is 14.2 Å². The van der Waals surface area contributed by atoms with Gasteiger partial charge in [0.25, 0.3) is 0 Å². The summed E-state index contributed by atoms with van der Waals surface area (Å²) >= 11 is 0. The standard InChI is InChI=1S/C60H102O6/c1-4-7-10-13-16-19-22-24-26-28-29-30-31-32-34-35-38-41-44-47-50-53-59(62)65-56-57(55-64-58(61)52-49-46-43-40-37-21-18-15-12-9-6-3)66-60(63)54-51-48-45-42-39-36-33-27-25-23-20-17-14-11-8-5-2/h7,10,15-16,18-19,24,26-27,29-30,32-34,57H,4-6,8-9,11-14,17,20-23,25,28,31,35-56H2,1-3H3/b10-7-,18-15-,19-16-,26-24-,30-29-,33-27-,34-32-. The van der Waals surface area contributed by atoms with Gasteiger partial charge in [0.1, 0.15) is 13.2 Å². The van der Waals surface area contributed by atoms with Gasteiger partial charge in [0.15, 0.2) is 6.10 Å². The van der Waals surface area contributed by atoms with Crippen LogP contribution in [0.3, 0.4) is 0 Å². The van der Waals surface area contributed by atoms with Gasteiger partial charge in [0.05, 0.1) is 0 Å². The minimum atomic E-state index is -0.792. The molecule has 0 radical (unpaired) electrons. The van der Waals surface area contributed by atoms with Crippen molar-refractivity contribution in [2.45, 2.75) is 264 Å². The SMILES string of the molecule is CC/C=C\C/C=C\C/C=C\C/C=C\C/C=C\CCCCCCCC(=O)OCC(COC(=O)CCCCCCC/C=C\CCCC)OC(=O)CCCCCCC/C=C\CCCCCCCCC. The van der Waals surface area contributed by atoms with Crippen LogP contribution in [0.15, 0.2) is 85.1 Å². The van der Waals surface area contributed by atoms with Crippen molar-refractivity contribution in [1.82, 2.24) is 0 Å². The Morgan fingerprint density at radius 1 is 0.318 bits per heavy atom. The van der Waals surface area contributed by atoms with Crippen LogP contribution < -0.4 is 0 Å². The first-order valence-corrected chi connectivity index (χ1v) is 27.6. The maximum Gasteiger partial charge on any atom is 0.306 e. The Hall–Kier alpha value is -3.41. The van der Waals surface area contributed by atoms with Crippen molar-refractivity contribution in [3.05, 3.63) is 85.1 Å². The molecule has 0 rings (SSSR count). The van der Waals surface area contributed by atoms with Gasteiger partial charge >= 0.3 is 17.9 Å². The zero-order valence-electron chi connectivity index (χ0n) is 43.2. The van der Waals surface area contributed by atoms with Crippen LogP contribution in [0.1, 0.15) is 258 Å². The fourth-order valence-corrected chi connectivity index (χ4v) is 7.44. The van der Waals surface area contributed by atoms with E-state index in [9.17, 15) is 14.4 Å². The Labute approximate surface area is 407 Å². The molecule has 0 bridgehead atoms. The topological polar surface area (TPSA) is 78.9 Å². The zero-order chi connectivity index (χ0) is 47.9. The lowest BCUT2D eigenvalue weighted by Crippen LogP contribution is -2.30. The zero-order valence-corrected chi connectivity index (χ0v) is 43.2. The second-order valence-electron chi connectivity index (χ2n) is 18.1. The average Bonchev–Trinajstić information content (AvgIpc) is 3.31. The molecule has 0 aliphatic rings. The van der Waals surface area contributed by atoms with Crippen LogP contribution in [0.5, 0.6) is 0 Å². The molecule has 0 saturated carbocycles. The van der Waals surface area contributed by atoms with Crippen molar-refractivity contribution in [3.63, 3.8) is 0 Å². The number of esters is 3. The van der Waals surface area contributed by atoms with Crippen LogP contribution in [-0.2, 0) is 28.6 Å². The maximum absolute atomic E-state index is 12.8. The number of hydrogen-bond donors (Lipinski definition) is 0. The molecule has 0 amide bonds. The van der Waals surface area contributed by atoms with Crippen LogP contribution in [0.4, 0.5) is 0 Å². The largest absolute Gasteiger partial charge is 0.462 e. The highest BCUT2D eigenvalue weighted by Crippen LogP contribution is 2.14. The van der Waals surface area contributed by atoms with Crippen LogP contribution >= 0.6 is 0 Å². The quantitative estimate of drug-likeness (QED) is 0.0262. The molecule has 0 aromatic rings. The lowest BCUT2D eigenvalue weighted by atomic mass is 10.1. The summed E-state index contributed by atoms with van der Waals surface area (Å²) in [6.45, 7) is 6.46. The molecule has 6 heteroatoms. The van der Waals surface area contributed by atoms with Crippen molar-refractivity contribution in [1.29, 1.82) is 0 Å². The van der Waals surface area contributed by atoms with Crippen LogP contribution in [-0.4, -0.2) is 37.2 Å². The molecule has 66 heavy (non-hydrogen) atoms. The van der Waals surface area contributed by atoms with E-state index in [0.29, 0.717) is 19.3 Å². The molecular formula is C60H102O6. The first-order valence-electron chi connectivity index (χ1n) is 27.6. The Balaban J connectivity index is 4.40. The number of ether oxygens (including phenoxy) is 3. The number of hydrogen-bond acceptors (Lipinski definition) is 6. The molecule has 0 saturated heterocycles. The Kier molecular flexibility index (Phi) is 51.4. The Bertz CT molecular complexity index is 1290. The van der Waals surface area contributed by atoms with E-state index < -0.39 is 6.10 Å². The second-order valence-corrected chi connectivity index (χ2v) is 18.1. The van der Waals surface area contributed by atoms with Gasteiger partial charge in [-0.2, -0.15) is 0 Å². The minimum absolute atomic E-state index is 0.0907. The fraction of sp³-hybridized carbons (Fsp3) is 0.717. The van der Waals surface area contributed by atoms with Crippen molar-refractivity contribution in [3.8, 4) is 0 Å². The van der Waals surface area contributed by atoms with Gasteiger partial charge in [0, 0.05) is 19.3 Å². The highest BCUT2D eigenvalue weighted by molar-refractivity contribution is 5.71. The van der Waals surface area contributed by atoms with Gasteiger partial charge < -0.3 is 14.2 Å². The normalized spacial score (nSPS) is 12.7. The van der Waals surface area contributed by atoms with Crippen molar-refractivity contribution < 1.29 is 28.6 Å². The highest BCUT2D eigenvalue weighted by atomic mass is 16.6. The summed E-state index contributed by atoms with van der Waals surface area (Å²) in [7, 11) is 0. The molecule has 0 aromatic carbocycles. The predicted molar refractivity (Wildman–Crippen MR) is 284 cm³/mol. The van der Waals surface area contributed by atoms with Crippen molar-refractivity contribution in [2.24, 2.45) is 0 Å². The minimum Gasteiger partial charge on any atom is -0.462 e. The third-order valence-electron chi connectivity index (χ3n) is 11.6. The monoisotopic (exact) mass is 919 g/mol. The summed E-state index contributed by atoms with van der Waals surface area (Å²) in [5, 5.41) is 0. The van der Waals surface area contributed by atoms with Gasteiger partial charge in [-0.15, -0.1) is 0 Å². The van der Waals surface area contributed by atoms with E-state index in [1.165, 1.54) is 89.9 Å². The van der Waals surface area contributed by atoms with E-state index in [1.807, 2.05) is 0 Å². The van der Waals surface area contributed by atoms with Crippen LogP contribution in [0, 0.1) is 0 Å². The summed E-state index contributed by atoms with van der Waals surface area (Å²) in [6, 6.07) is 0. The molecule has 0 N–H and O–H groups in total. The van der Waals surface area contributed by atoms with E-state index in [1.54, 1.807) is 0 Å². The van der Waals surface area contributed by atoms with Gasteiger partial charge in [0.2, 0.25) is 0 Å². The van der Waals surface area contributed by atoms with E-state index in [-0.39, 0.29) is 31.1 Å².